The van der Waals surface area contributed by atoms with Crippen LogP contribution in [-0.4, -0.2) is 29.3 Å². The lowest BCUT2D eigenvalue weighted by atomic mass is 9.92. The van der Waals surface area contributed by atoms with E-state index in [0.29, 0.717) is 25.2 Å². The molecule has 9 heteroatoms. The third kappa shape index (κ3) is 3.81. The molecule has 0 radical (unpaired) electrons. The summed E-state index contributed by atoms with van der Waals surface area (Å²) in [7, 11) is 0. The first-order valence-electron chi connectivity index (χ1n) is 8.28. The van der Waals surface area contributed by atoms with Crippen LogP contribution in [0.25, 0.3) is 0 Å². The quantitative estimate of drug-likeness (QED) is 0.570. The van der Waals surface area contributed by atoms with E-state index < -0.39 is 29.9 Å². The van der Waals surface area contributed by atoms with Gasteiger partial charge in [-0.15, -0.1) is 0 Å². The summed E-state index contributed by atoms with van der Waals surface area (Å²) in [4.78, 5) is 38.7. The Morgan fingerprint density at radius 2 is 1.82 bits per heavy atom. The number of nitrogens with one attached hydrogen (secondary N) is 2. The number of amides is 4. The third-order valence-corrected chi connectivity index (χ3v) is 6.02. The number of halogens is 3. The Hall–Kier alpha value is -1.90. The van der Waals surface area contributed by atoms with E-state index in [4.69, 9.17) is 11.6 Å². The number of hydrogen-bond acceptors (Lipinski definition) is 3. The topological polar surface area (TPSA) is 78.5 Å². The molecule has 28 heavy (non-hydrogen) atoms. The molecule has 1 aliphatic rings. The Kier molecular flexibility index (Phi) is 5.84. The molecule has 4 amide bonds. The summed E-state index contributed by atoms with van der Waals surface area (Å²) in [6, 6.07) is 9.83. The molecule has 2 N–H and O–H groups in total. The third-order valence-electron chi connectivity index (χ3n) is 4.44. The highest BCUT2D eigenvalue weighted by Gasteiger charge is 2.50. The van der Waals surface area contributed by atoms with Crippen molar-refractivity contribution in [3.05, 3.63) is 61.5 Å². The largest absolute Gasteiger partial charge is 0.325 e. The molecule has 1 fully saturated rings. The maximum Gasteiger partial charge on any atom is 0.325 e. The maximum atomic E-state index is 12.9. The number of urea groups is 1. The lowest BCUT2D eigenvalue weighted by Crippen LogP contribution is -2.42. The van der Waals surface area contributed by atoms with Crippen molar-refractivity contribution in [1.82, 2.24) is 10.2 Å². The molecule has 1 heterocycles. The Bertz CT molecular complexity index is 975. The van der Waals surface area contributed by atoms with Gasteiger partial charge in [0, 0.05) is 19.5 Å². The average Bonchev–Trinajstić information content (AvgIpc) is 2.82. The van der Waals surface area contributed by atoms with Crippen molar-refractivity contribution in [2.24, 2.45) is 0 Å². The Balaban J connectivity index is 1.80. The fourth-order valence-electron chi connectivity index (χ4n) is 3.03. The van der Waals surface area contributed by atoms with Gasteiger partial charge in [-0.05, 0) is 69.5 Å². The number of anilines is 1. The highest BCUT2D eigenvalue weighted by atomic mass is 79.9. The van der Waals surface area contributed by atoms with Crippen LogP contribution in [0.2, 0.25) is 5.02 Å². The van der Waals surface area contributed by atoms with Crippen LogP contribution in [0.1, 0.15) is 18.1 Å². The molecule has 1 atom stereocenters. The number of imide groups is 1. The van der Waals surface area contributed by atoms with E-state index in [1.807, 2.05) is 19.1 Å². The second-order valence-electron chi connectivity index (χ2n) is 6.58. The van der Waals surface area contributed by atoms with E-state index in [9.17, 15) is 14.4 Å². The lowest BCUT2D eigenvalue weighted by Gasteiger charge is -2.23. The summed E-state index contributed by atoms with van der Waals surface area (Å²) >= 11 is 13.0. The minimum atomic E-state index is -1.33. The van der Waals surface area contributed by atoms with E-state index in [1.54, 1.807) is 31.2 Å². The maximum absolute atomic E-state index is 12.9. The van der Waals surface area contributed by atoms with Crippen molar-refractivity contribution in [1.29, 1.82) is 0 Å². The van der Waals surface area contributed by atoms with Gasteiger partial charge in [0.05, 0.1) is 5.69 Å². The van der Waals surface area contributed by atoms with Gasteiger partial charge in [0.1, 0.15) is 12.1 Å². The highest BCUT2D eigenvalue weighted by Crippen LogP contribution is 2.34. The number of rotatable bonds is 4. The zero-order valence-electron chi connectivity index (χ0n) is 15.0. The van der Waals surface area contributed by atoms with Crippen molar-refractivity contribution >= 4 is 67.0 Å². The van der Waals surface area contributed by atoms with Crippen LogP contribution in [-0.2, 0) is 15.1 Å². The van der Waals surface area contributed by atoms with Crippen LogP contribution in [0.4, 0.5) is 10.5 Å². The number of nitrogens with zero attached hydrogens (tertiary/aromatic N) is 1. The van der Waals surface area contributed by atoms with Gasteiger partial charge in [-0.3, -0.25) is 14.5 Å². The summed E-state index contributed by atoms with van der Waals surface area (Å²) < 4.78 is 1.37. The van der Waals surface area contributed by atoms with Crippen LogP contribution in [0.15, 0.2) is 45.3 Å². The SMILES string of the molecule is Cc1cc(Br)c(NC(=O)CN2C(=O)NC(C)(c3ccccc3Cl)C2=O)c(Br)c1. The summed E-state index contributed by atoms with van der Waals surface area (Å²) in [5.41, 5.74) is 0.667. The standard InChI is InChI=1S/C19H16Br2ClN3O3/c1-10-7-12(20)16(13(21)8-10)23-15(26)9-25-17(27)19(2,24-18(25)28)11-5-3-4-6-14(11)22/h3-8H,9H2,1-2H3,(H,23,26)(H,24,28). The zero-order chi connectivity index (χ0) is 20.6. The Labute approximate surface area is 183 Å². The summed E-state index contributed by atoms with van der Waals surface area (Å²) in [5, 5.41) is 5.72. The van der Waals surface area contributed by atoms with E-state index in [0.717, 1.165) is 10.5 Å². The van der Waals surface area contributed by atoms with Gasteiger partial charge in [-0.1, -0.05) is 29.8 Å². The van der Waals surface area contributed by atoms with Crippen LogP contribution >= 0.6 is 43.5 Å². The molecular formula is C19H16Br2ClN3O3. The van der Waals surface area contributed by atoms with Crippen LogP contribution in [0.3, 0.4) is 0 Å². The summed E-state index contributed by atoms with van der Waals surface area (Å²) in [6.45, 7) is 3.07. The second-order valence-corrected chi connectivity index (χ2v) is 8.69. The number of carbonyl (C=O) groups excluding carboxylic acids is 3. The van der Waals surface area contributed by atoms with Gasteiger partial charge in [0.25, 0.3) is 5.91 Å². The minimum absolute atomic E-state index is 0.359. The molecule has 6 nitrogen and oxygen atoms in total. The van der Waals surface area contributed by atoms with E-state index in [1.165, 1.54) is 0 Å². The van der Waals surface area contributed by atoms with Crippen LogP contribution in [0.5, 0.6) is 0 Å². The van der Waals surface area contributed by atoms with Crippen molar-refractivity contribution in [3.8, 4) is 0 Å². The fourth-order valence-corrected chi connectivity index (χ4v) is 4.97. The summed E-state index contributed by atoms with van der Waals surface area (Å²) in [6.07, 6.45) is 0. The molecule has 0 bridgehead atoms. The predicted octanol–water partition coefficient (Wildman–Crippen LogP) is 4.58. The first-order chi connectivity index (χ1) is 13.1. The van der Waals surface area contributed by atoms with Crippen molar-refractivity contribution in [2.45, 2.75) is 19.4 Å². The van der Waals surface area contributed by atoms with Gasteiger partial charge in [-0.25, -0.2) is 4.79 Å². The monoisotopic (exact) mass is 527 g/mol. The second kappa shape index (κ2) is 7.85. The van der Waals surface area contributed by atoms with Gasteiger partial charge in [-0.2, -0.15) is 0 Å². The molecule has 1 saturated heterocycles. The molecule has 3 rings (SSSR count). The van der Waals surface area contributed by atoms with E-state index >= 15 is 0 Å². The highest BCUT2D eigenvalue weighted by molar-refractivity contribution is 9.11. The van der Waals surface area contributed by atoms with Crippen molar-refractivity contribution < 1.29 is 14.4 Å². The van der Waals surface area contributed by atoms with Gasteiger partial charge < -0.3 is 10.6 Å². The molecule has 2 aromatic carbocycles. The van der Waals surface area contributed by atoms with Crippen molar-refractivity contribution in [2.75, 3.05) is 11.9 Å². The molecule has 146 valence electrons. The van der Waals surface area contributed by atoms with Gasteiger partial charge >= 0.3 is 6.03 Å². The number of aryl methyl sites for hydroxylation is 1. The zero-order valence-corrected chi connectivity index (χ0v) is 18.9. The van der Waals surface area contributed by atoms with Crippen LogP contribution in [0, 0.1) is 6.92 Å². The average molecular weight is 530 g/mol. The first-order valence-corrected chi connectivity index (χ1v) is 10.2. The summed E-state index contributed by atoms with van der Waals surface area (Å²) in [5.74, 6) is -1.04. The van der Waals surface area contributed by atoms with Gasteiger partial charge in [0.2, 0.25) is 5.91 Å². The molecule has 0 aliphatic carbocycles. The van der Waals surface area contributed by atoms with Gasteiger partial charge in [0.15, 0.2) is 0 Å². The molecule has 0 aromatic heterocycles. The van der Waals surface area contributed by atoms with Crippen molar-refractivity contribution in [3.63, 3.8) is 0 Å². The molecule has 1 unspecified atom stereocenters. The number of hydrogen-bond donors (Lipinski definition) is 2. The van der Waals surface area contributed by atoms with E-state index in [-0.39, 0.29) is 0 Å². The first kappa shape index (κ1) is 20.8. The Morgan fingerprint density at radius 3 is 2.43 bits per heavy atom. The lowest BCUT2D eigenvalue weighted by molar-refractivity contribution is -0.133. The molecular weight excluding hydrogens is 513 g/mol. The Morgan fingerprint density at radius 1 is 1.21 bits per heavy atom. The number of carbonyl (C=O) groups is 3. The molecule has 0 saturated carbocycles. The number of benzene rings is 2. The molecule has 0 spiro atoms. The smallest absolute Gasteiger partial charge is 0.323 e. The van der Waals surface area contributed by atoms with Crippen LogP contribution < -0.4 is 10.6 Å². The van der Waals surface area contributed by atoms with E-state index in [2.05, 4.69) is 42.5 Å². The molecule has 2 aromatic rings. The minimum Gasteiger partial charge on any atom is -0.323 e. The fraction of sp³-hybridized carbons (Fsp3) is 0.211. The predicted molar refractivity (Wildman–Crippen MR) is 114 cm³/mol. The molecule has 1 aliphatic heterocycles. The normalized spacial score (nSPS) is 19.0.